The van der Waals surface area contributed by atoms with Crippen molar-refractivity contribution in [3.8, 4) is 22.6 Å². The number of benzene rings is 2. The lowest BCUT2D eigenvalue weighted by Crippen LogP contribution is -2.15. The average Bonchev–Trinajstić information content (AvgIpc) is 2.48. The minimum atomic E-state index is -0.286. The maximum Gasteiger partial charge on any atom is 0.131 e. The summed E-state index contributed by atoms with van der Waals surface area (Å²) in [5.41, 5.74) is 2.36. The standard InChI is InChI=1S/C20H25FO2/c1-5-10-20(2,3)13-14-11-15(22)6-8-17(14)18-12-16(23-4)7-9-19(18)21/h6-9,11-12,22H,5,10,13H2,1-4H3. The second kappa shape index (κ2) is 7.03. The minimum absolute atomic E-state index is 0.0899. The molecule has 0 spiro atoms. The van der Waals surface area contributed by atoms with Crippen molar-refractivity contribution in [1.29, 1.82) is 0 Å². The highest BCUT2D eigenvalue weighted by atomic mass is 19.1. The van der Waals surface area contributed by atoms with Gasteiger partial charge in [0.05, 0.1) is 7.11 Å². The van der Waals surface area contributed by atoms with Crippen molar-refractivity contribution in [2.45, 2.75) is 40.0 Å². The summed E-state index contributed by atoms with van der Waals surface area (Å²) in [4.78, 5) is 0. The monoisotopic (exact) mass is 316 g/mol. The Morgan fingerprint density at radius 2 is 1.83 bits per heavy atom. The SMILES string of the molecule is CCCC(C)(C)Cc1cc(O)ccc1-c1cc(OC)ccc1F. The molecule has 0 bridgehead atoms. The van der Waals surface area contributed by atoms with Crippen LogP contribution in [0.25, 0.3) is 11.1 Å². The second-order valence-electron chi connectivity index (χ2n) is 6.78. The van der Waals surface area contributed by atoms with E-state index in [1.54, 1.807) is 37.4 Å². The Kier molecular flexibility index (Phi) is 5.30. The van der Waals surface area contributed by atoms with Crippen LogP contribution >= 0.6 is 0 Å². The van der Waals surface area contributed by atoms with Crippen LogP contribution in [0.1, 0.15) is 39.2 Å². The van der Waals surface area contributed by atoms with Crippen molar-refractivity contribution in [3.63, 3.8) is 0 Å². The molecule has 2 aromatic rings. The van der Waals surface area contributed by atoms with Crippen molar-refractivity contribution in [2.24, 2.45) is 5.41 Å². The first-order valence-electron chi connectivity index (χ1n) is 8.02. The molecule has 0 atom stereocenters. The molecule has 2 aromatic carbocycles. The number of hydrogen-bond donors (Lipinski definition) is 1. The number of phenols is 1. The average molecular weight is 316 g/mol. The summed E-state index contributed by atoms with van der Waals surface area (Å²) in [7, 11) is 1.57. The molecule has 0 unspecified atom stereocenters. The smallest absolute Gasteiger partial charge is 0.131 e. The van der Waals surface area contributed by atoms with Gasteiger partial charge in [0.1, 0.15) is 17.3 Å². The van der Waals surface area contributed by atoms with Gasteiger partial charge in [-0.25, -0.2) is 4.39 Å². The van der Waals surface area contributed by atoms with E-state index in [1.807, 2.05) is 0 Å². The highest BCUT2D eigenvalue weighted by molar-refractivity contribution is 5.70. The van der Waals surface area contributed by atoms with Crippen molar-refractivity contribution < 1.29 is 14.2 Å². The number of methoxy groups -OCH3 is 1. The molecule has 0 amide bonds. The largest absolute Gasteiger partial charge is 0.508 e. The van der Waals surface area contributed by atoms with Gasteiger partial charge in [-0.05, 0) is 59.7 Å². The Morgan fingerprint density at radius 1 is 1.09 bits per heavy atom. The van der Waals surface area contributed by atoms with E-state index in [0.29, 0.717) is 11.3 Å². The van der Waals surface area contributed by atoms with Crippen LogP contribution in [-0.2, 0) is 6.42 Å². The molecule has 2 rings (SSSR count). The number of aromatic hydroxyl groups is 1. The highest BCUT2D eigenvalue weighted by Crippen LogP contribution is 2.36. The van der Waals surface area contributed by atoms with Gasteiger partial charge in [0, 0.05) is 5.56 Å². The summed E-state index contributed by atoms with van der Waals surface area (Å²) >= 11 is 0. The summed E-state index contributed by atoms with van der Waals surface area (Å²) in [5.74, 6) is 0.540. The Labute approximate surface area is 137 Å². The molecule has 0 heterocycles. The number of halogens is 1. The van der Waals surface area contributed by atoms with Crippen LogP contribution in [-0.4, -0.2) is 12.2 Å². The third-order valence-electron chi connectivity index (χ3n) is 4.15. The first kappa shape index (κ1) is 17.3. The fourth-order valence-electron chi connectivity index (χ4n) is 3.11. The fraction of sp³-hybridized carbons (Fsp3) is 0.400. The third kappa shape index (κ3) is 4.25. The lowest BCUT2D eigenvalue weighted by Gasteiger charge is -2.25. The van der Waals surface area contributed by atoms with Gasteiger partial charge in [0.2, 0.25) is 0 Å². The predicted octanol–water partition coefficient (Wildman–Crippen LogP) is 5.58. The summed E-state index contributed by atoms with van der Waals surface area (Å²) in [6.07, 6.45) is 2.94. The Balaban J connectivity index is 2.51. The Bertz CT molecular complexity index is 677. The van der Waals surface area contributed by atoms with Crippen LogP contribution in [0.2, 0.25) is 0 Å². The highest BCUT2D eigenvalue weighted by Gasteiger charge is 2.21. The zero-order valence-electron chi connectivity index (χ0n) is 14.3. The minimum Gasteiger partial charge on any atom is -0.508 e. The van der Waals surface area contributed by atoms with Gasteiger partial charge in [-0.3, -0.25) is 0 Å². The zero-order chi connectivity index (χ0) is 17.0. The number of phenolic OH excluding ortho intramolecular Hbond substituents is 1. The lowest BCUT2D eigenvalue weighted by atomic mass is 9.80. The molecule has 0 aromatic heterocycles. The Hall–Kier alpha value is -2.03. The van der Waals surface area contributed by atoms with E-state index >= 15 is 0 Å². The molecule has 0 aliphatic heterocycles. The number of ether oxygens (including phenoxy) is 1. The maximum absolute atomic E-state index is 14.3. The molecule has 0 saturated heterocycles. The van der Waals surface area contributed by atoms with Crippen molar-refractivity contribution in [2.75, 3.05) is 7.11 Å². The number of hydrogen-bond acceptors (Lipinski definition) is 2. The first-order chi connectivity index (χ1) is 10.9. The molecular formula is C20H25FO2. The van der Waals surface area contributed by atoms with E-state index in [-0.39, 0.29) is 17.0 Å². The van der Waals surface area contributed by atoms with Gasteiger partial charge in [0.15, 0.2) is 0 Å². The van der Waals surface area contributed by atoms with Gasteiger partial charge < -0.3 is 9.84 Å². The third-order valence-corrected chi connectivity index (χ3v) is 4.15. The maximum atomic E-state index is 14.3. The van der Waals surface area contributed by atoms with Gasteiger partial charge in [0.25, 0.3) is 0 Å². The zero-order valence-corrected chi connectivity index (χ0v) is 14.3. The molecule has 23 heavy (non-hydrogen) atoms. The van der Waals surface area contributed by atoms with E-state index in [1.165, 1.54) is 6.07 Å². The molecule has 0 saturated carbocycles. The van der Waals surface area contributed by atoms with E-state index in [0.717, 1.165) is 30.4 Å². The number of rotatable bonds is 6. The molecule has 0 radical (unpaired) electrons. The lowest BCUT2D eigenvalue weighted by molar-refractivity contribution is 0.329. The van der Waals surface area contributed by atoms with Gasteiger partial charge in [-0.15, -0.1) is 0 Å². The van der Waals surface area contributed by atoms with Crippen LogP contribution in [0.3, 0.4) is 0 Å². The first-order valence-corrected chi connectivity index (χ1v) is 8.02. The molecule has 0 fully saturated rings. The predicted molar refractivity (Wildman–Crippen MR) is 92.4 cm³/mol. The fourth-order valence-corrected chi connectivity index (χ4v) is 3.11. The van der Waals surface area contributed by atoms with Crippen molar-refractivity contribution >= 4 is 0 Å². The van der Waals surface area contributed by atoms with Crippen LogP contribution in [0.4, 0.5) is 4.39 Å². The molecule has 0 aliphatic rings. The summed E-state index contributed by atoms with van der Waals surface area (Å²) in [6, 6.07) is 9.86. The van der Waals surface area contributed by atoms with Crippen LogP contribution in [0, 0.1) is 11.2 Å². The summed E-state index contributed by atoms with van der Waals surface area (Å²) in [5, 5.41) is 9.86. The quantitative estimate of drug-likeness (QED) is 0.754. The molecule has 0 aliphatic carbocycles. The molecular weight excluding hydrogens is 291 g/mol. The Morgan fingerprint density at radius 3 is 2.48 bits per heavy atom. The molecule has 3 heteroatoms. The van der Waals surface area contributed by atoms with Crippen LogP contribution in [0.5, 0.6) is 11.5 Å². The second-order valence-corrected chi connectivity index (χ2v) is 6.78. The van der Waals surface area contributed by atoms with Gasteiger partial charge in [-0.1, -0.05) is 33.3 Å². The topological polar surface area (TPSA) is 29.5 Å². The summed E-state index contributed by atoms with van der Waals surface area (Å²) in [6.45, 7) is 6.56. The van der Waals surface area contributed by atoms with Crippen molar-refractivity contribution in [1.82, 2.24) is 0 Å². The van der Waals surface area contributed by atoms with Gasteiger partial charge in [-0.2, -0.15) is 0 Å². The van der Waals surface area contributed by atoms with Crippen molar-refractivity contribution in [3.05, 3.63) is 47.8 Å². The molecule has 1 N–H and O–H groups in total. The normalized spacial score (nSPS) is 11.5. The van der Waals surface area contributed by atoms with E-state index < -0.39 is 0 Å². The van der Waals surface area contributed by atoms with E-state index in [9.17, 15) is 9.50 Å². The molecule has 2 nitrogen and oxygen atoms in total. The van der Waals surface area contributed by atoms with Gasteiger partial charge >= 0.3 is 0 Å². The van der Waals surface area contributed by atoms with Crippen LogP contribution in [0.15, 0.2) is 36.4 Å². The van der Waals surface area contributed by atoms with E-state index in [4.69, 9.17) is 4.74 Å². The molecule has 124 valence electrons. The van der Waals surface area contributed by atoms with E-state index in [2.05, 4.69) is 20.8 Å². The van der Waals surface area contributed by atoms with Crippen LogP contribution < -0.4 is 4.74 Å². The summed E-state index contributed by atoms with van der Waals surface area (Å²) < 4.78 is 19.6.